The number of thiazole rings is 1. The van der Waals surface area contributed by atoms with E-state index >= 15 is 0 Å². The van der Waals surface area contributed by atoms with Gasteiger partial charge in [0.15, 0.2) is 0 Å². The van der Waals surface area contributed by atoms with Crippen LogP contribution in [0.15, 0.2) is 23.6 Å². The van der Waals surface area contributed by atoms with E-state index in [1.165, 1.54) is 0 Å². The molecular formula is C16H17Cl2N3OS. The molecule has 3 rings (SSSR count). The zero-order chi connectivity index (χ0) is 16.4. The van der Waals surface area contributed by atoms with E-state index in [4.69, 9.17) is 28.2 Å². The van der Waals surface area contributed by atoms with Gasteiger partial charge in [0.1, 0.15) is 5.01 Å². The quantitative estimate of drug-likeness (QED) is 0.825. The molecule has 4 nitrogen and oxygen atoms in total. The summed E-state index contributed by atoms with van der Waals surface area (Å²) in [6.45, 7) is 5.81. The Bertz CT molecular complexity index is 711. The molecule has 0 bridgehead atoms. The Kier molecular flexibility index (Phi) is 5.21. The van der Waals surface area contributed by atoms with E-state index in [9.17, 15) is 4.79 Å². The minimum atomic E-state index is 0.154. The maximum absolute atomic E-state index is 11.4. The highest BCUT2D eigenvalue weighted by atomic mass is 35.5. The van der Waals surface area contributed by atoms with E-state index in [1.54, 1.807) is 24.3 Å². The number of aromatic nitrogens is 1. The van der Waals surface area contributed by atoms with Crippen LogP contribution in [-0.4, -0.2) is 46.9 Å². The largest absolute Gasteiger partial charge is 0.340 e. The van der Waals surface area contributed by atoms with Crippen LogP contribution in [0.2, 0.25) is 10.0 Å². The minimum Gasteiger partial charge on any atom is -0.340 e. The van der Waals surface area contributed by atoms with Crippen molar-refractivity contribution < 1.29 is 4.79 Å². The van der Waals surface area contributed by atoms with Gasteiger partial charge >= 0.3 is 0 Å². The molecule has 1 aromatic heterocycles. The molecule has 0 atom stereocenters. The second-order valence-electron chi connectivity index (χ2n) is 5.54. The maximum Gasteiger partial charge on any atom is 0.219 e. The minimum absolute atomic E-state index is 0.154. The number of hydrogen-bond donors (Lipinski definition) is 0. The molecule has 0 aliphatic carbocycles. The van der Waals surface area contributed by atoms with Gasteiger partial charge in [-0.3, -0.25) is 9.69 Å². The number of piperazine rings is 1. The van der Waals surface area contributed by atoms with E-state index in [2.05, 4.69) is 4.90 Å². The Morgan fingerprint density at radius 2 is 1.96 bits per heavy atom. The molecule has 7 heteroatoms. The van der Waals surface area contributed by atoms with Crippen molar-refractivity contribution in [1.82, 2.24) is 14.8 Å². The number of rotatable bonds is 3. The maximum atomic E-state index is 11.4. The summed E-state index contributed by atoms with van der Waals surface area (Å²) in [5.74, 6) is 0.154. The summed E-state index contributed by atoms with van der Waals surface area (Å²) in [5, 5.41) is 4.21. The van der Waals surface area contributed by atoms with Gasteiger partial charge in [-0.15, -0.1) is 11.3 Å². The van der Waals surface area contributed by atoms with Crippen LogP contribution in [0.25, 0.3) is 11.3 Å². The molecule has 1 aromatic carbocycles. The first-order chi connectivity index (χ1) is 11.0. The average Bonchev–Trinajstić information content (AvgIpc) is 2.99. The molecule has 0 unspecified atom stereocenters. The number of nitrogens with zero attached hydrogens (tertiary/aromatic N) is 3. The van der Waals surface area contributed by atoms with Gasteiger partial charge in [-0.2, -0.15) is 0 Å². The third kappa shape index (κ3) is 4.04. The number of carbonyl (C=O) groups excluding carboxylic acids is 1. The van der Waals surface area contributed by atoms with Gasteiger partial charge in [0.25, 0.3) is 0 Å². The van der Waals surface area contributed by atoms with E-state index in [0.29, 0.717) is 10.0 Å². The van der Waals surface area contributed by atoms with Gasteiger partial charge in [-0.1, -0.05) is 29.3 Å². The molecule has 23 heavy (non-hydrogen) atoms. The molecular weight excluding hydrogens is 353 g/mol. The molecule has 122 valence electrons. The van der Waals surface area contributed by atoms with Crippen LogP contribution in [0.1, 0.15) is 11.9 Å². The van der Waals surface area contributed by atoms with Crippen molar-refractivity contribution >= 4 is 40.4 Å². The summed E-state index contributed by atoms with van der Waals surface area (Å²) in [6, 6.07) is 5.56. The fourth-order valence-electron chi connectivity index (χ4n) is 2.58. The zero-order valence-corrected chi connectivity index (χ0v) is 15.1. The fraction of sp³-hybridized carbons (Fsp3) is 0.375. The van der Waals surface area contributed by atoms with Crippen molar-refractivity contribution in [1.29, 1.82) is 0 Å². The number of amides is 1. The Balaban J connectivity index is 1.64. The Morgan fingerprint density at radius 1 is 1.22 bits per heavy atom. The van der Waals surface area contributed by atoms with Gasteiger partial charge in [0, 0.05) is 44.0 Å². The first-order valence-electron chi connectivity index (χ1n) is 7.40. The third-order valence-corrected chi connectivity index (χ3v) is 5.52. The molecule has 0 saturated carbocycles. The molecule has 1 aliphatic rings. The van der Waals surface area contributed by atoms with Gasteiger partial charge in [0.2, 0.25) is 5.91 Å². The lowest BCUT2D eigenvalue weighted by molar-refractivity contribution is -0.130. The summed E-state index contributed by atoms with van der Waals surface area (Å²) in [7, 11) is 0. The van der Waals surface area contributed by atoms with Crippen LogP contribution < -0.4 is 0 Å². The van der Waals surface area contributed by atoms with Crippen molar-refractivity contribution in [2.24, 2.45) is 0 Å². The highest BCUT2D eigenvalue weighted by Gasteiger charge is 2.19. The summed E-state index contributed by atoms with van der Waals surface area (Å²) in [5.41, 5.74) is 1.90. The molecule has 2 heterocycles. The average molecular weight is 370 g/mol. The number of carbonyl (C=O) groups is 1. The molecule has 1 saturated heterocycles. The van der Waals surface area contributed by atoms with Crippen molar-refractivity contribution in [3.8, 4) is 11.3 Å². The Hall–Kier alpha value is -1.14. The summed E-state index contributed by atoms with van der Waals surface area (Å²) < 4.78 is 0. The standard InChI is InChI=1S/C16H17Cl2N3OS/c1-11(22)21-6-4-20(5-7-21)9-16-19-15(10-23-16)12-2-3-13(17)14(18)8-12/h2-3,8,10H,4-7,9H2,1H3. The highest BCUT2D eigenvalue weighted by Crippen LogP contribution is 2.29. The van der Waals surface area contributed by atoms with Crippen molar-refractivity contribution in [3.05, 3.63) is 38.6 Å². The summed E-state index contributed by atoms with van der Waals surface area (Å²) >= 11 is 13.7. The third-order valence-electron chi connectivity index (χ3n) is 3.94. The van der Waals surface area contributed by atoms with E-state index < -0.39 is 0 Å². The SMILES string of the molecule is CC(=O)N1CCN(Cc2nc(-c3ccc(Cl)c(Cl)c3)cs2)CC1. The van der Waals surface area contributed by atoms with E-state index in [1.807, 2.05) is 22.4 Å². The summed E-state index contributed by atoms with van der Waals surface area (Å²) in [6.07, 6.45) is 0. The van der Waals surface area contributed by atoms with Gasteiger partial charge in [0.05, 0.1) is 22.3 Å². The Morgan fingerprint density at radius 3 is 2.61 bits per heavy atom. The first kappa shape index (κ1) is 16.7. The lowest BCUT2D eigenvalue weighted by Crippen LogP contribution is -2.47. The molecule has 0 spiro atoms. The first-order valence-corrected chi connectivity index (χ1v) is 9.04. The van der Waals surface area contributed by atoms with Crippen LogP contribution in [-0.2, 0) is 11.3 Å². The molecule has 1 aliphatic heterocycles. The number of halogens is 2. The monoisotopic (exact) mass is 369 g/mol. The highest BCUT2D eigenvalue weighted by molar-refractivity contribution is 7.09. The predicted octanol–water partition coefficient (Wildman–Crippen LogP) is 3.78. The molecule has 1 fully saturated rings. The van der Waals surface area contributed by atoms with Crippen LogP contribution >= 0.6 is 34.5 Å². The lowest BCUT2D eigenvalue weighted by Gasteiger charge is -2.33. The zero-order valence-electron chi connectivity index (χ0n) is 12.8. The van der Waals surface area contributed by atoms with Gasteiger partial charge in [-0.05, 0) is 12.1 Å². The number of hydrogen-bond acceptors (Lipinski definition) is 4. The Labute approximate surface area is 149 Å². The predicted molar refractivity (Wildman–Crippen MR) is 95.1 cm³/mol. The molecule has 0 N–H and O–H groups in total. The van der Waals surface area contributed by atoms with Crippen LogP contribution in [0.3, 0.4) is 0 Å². The van der Waals surface area contributed by atoms with Gasteiger partial charge in [-0.25, -0.2) is 4.98 Å². The smallest absolute Gasteiger partial charge is 0.219 e. The fourth-order valence-corrected chi connectivity index (χ4v) is 3.73. The van der Waals surface area contributed by atoms with E-state index in [-0.39, 0.29) is 5.91 Å². The van der Waals surface area contributed by atoms with Crippen LogP contribution in [0, 0.1) is 0 Å². The normalized spacial score (nSPS) is 15.9. The van der Waals surface area contributed by atoms with Crippen LogP contribution in [0.5, 0.6) is 0 Å². The molecule has 1 amide bonds. The van der Waals surface area contributed by atoms with Crippen molar-refractivity contribution in [2.75, 3.05) is 26.2 Å². The lowest BCUT2D eigenvalue weighted by atomic mass is 10.2. The van der Waals surface area contributed by atoms with Gasteiger partial charge < -0.3 is 4.90 Å². The topological polar surface area (TPSA) is 36.4 Å². The van der Waals surface area contributed by atoms with Crippen molar-refractivity contribution in [3.63, 3.8) is 0 Å². The molecule has 2 aromatic rings. The van der Waals surface area contributed by atoms with E-state index in [0.717, 1.165) is 49.0 Å². The summed E-state index contributed by atoms with van der Waals surface area (Å²) in [4.78, 5) is 20.3. The van der Waals surface area contributed by atoms with Crippen molar-refractivity contribution in [2.45, 2.75) is 13.5 Å². The second-order valence-corrected chi connectivity index (χ2v) is 7.29. The molecule has 0 radical (unpaired) electrons. The van der Waals surface area contributed by atoms with Crippen LogP contribution in [0.4, 0.5) is 0 Å². The number of benzene rings is 1. The second kappa shape index (κ2) is 7.18.